The maximum absolute atomic E-state index is 11.6. The van der Waals surface area contributed by atoms with Crippen molar-refractivity contribution in [2.45, 2.75) is 13.5 Å². The first-order valence-corrected chi connectivity index (χ1v) is 5.03. The van der Waals surface area contributed by atoms with Gasteiger partial charge < -0.3 is 9.84 Å². The number of carbonyl (C=O) groups excluding carboxylic acids is 1. The predicted octanol–water partition coefficient (Wildman–Crippen LogP) is 1.88. The number of aliphatic hydroxyl groups excluding tert-OH is 1. The van der Waals surface area contributed by atoms with Gasteiger partial charge in [-0.05, 0) is 19.1 Å². The summed E-state index contributed by atoms with van der Waals surface area (Å²) in [5, 5.41) is 18.1. The summed E-state index contributed by atoms with van der Waals surface area (Å²) in [5.74, 6) is -0.631. The molecule has 0 bridgehead atoms. The van der Waals surface area contributed by atoms with E-state index in [1.165, 1.54) is 12.1 Å². The lowest BCUT2D eigenvalue weighted by molar-refractivity contribution is 0.0523. The first-order chi connectivity index (χ1) is 7.65. The highest BCUT2D eigenvalue weighted by atomic mass is 35.5. The minimum atomic E-state index is -0.631. The molecule has 16 heavy (non-hydrogen) atoms. The van der Waals surface area contributed by atoms with Crippen LogP contribution in [0.25, 0.3) is 0 Å². The van der Waals surface area contributed by atoms with Crippen molar-refractivity contribution in [3.8, 4) is 6.07 Å². The van der Waals surface area contributed by atoms with Crippen LogP contribution in [0, 0.1) is 11.3 Å². The molecule has 1 N–H and O–H groups in total. The third-order valence-corrected chi connectivity index (χ3v) is 2.34. The first-order valence-electron chi connectivity index (χ1n) is 4.65. The average molecular weight is 240 g/mol. The zero-order chi connectivity index (χ0) is 12.1. The quantitative estimate of drug-likeness (QED) is 0.818. The lowest BCUT2D eigenvalue weighted by Crippen LogP contribution is -2.10. The van der Waals surface area contributed by atoms with Crippen LogP contribution >= 0.6 is 11.6 Å². The maximum atomic E-state index is 11.6. The Kier molecular flexibility index (Phi) is 4.29. The molecule has 0 aliphatic carbocycles. The smallest absolute Gasteiger partial charge is 0.340 e. The molecule has 5 heteroatoms. The second kappa shape index (κ2) is 5.50. The molecule has 0 atom stereocenters. The molecule has 1 rings (SSSR count). The van der Waals surface area contributed by atoms with Crippen LogP contribution in [0.4, 0.5) is 0 Å². The summed E-state index contributed by atoms with van der Waals surface area (Å²) in [4.78, 5) is 11.6. The van der Waals surface area contributed by atoms with Crippen molar-refractivity contribution in [2.75, 3.05) is 6.61 Å². The molecular formula is C11H10ClNO3. The van der Waals surface area contributed by atoms with E-state index in [4.69, 9.17) is 26.7 Å². The van der Waals surface area contributed by atoms with Crippen LogP contribution in [0.15, 0.2) is 12.1 Å². The van der Waals surface area contributed by atoms with Gasteiger partial charge in [-0.2, -0.15) is 5.26 Å². The van der Waals surface area contributed by atoms with Crippen LogP contribution in [0.1, 0.15) is 28.4 Å². The molecule has 1 aromatic rings. The van der Waals surface area contributed by atoms with Crippen molar-refractivity contribution in [3.05, 3.63) is 33.8 Å². The van der Waals surface area contributed by atoms with Gasteiger partial charge in [0, 0.05) is 5.56 Å². The van der Waals surface area contributed by atoms with Crippen LogP contribution < -0.4 is 0 Å². The standard InChI is InChI=1S/C11H10ClNO3/c1-2-16-11(15)10-8(6-14)7(5-13)3-4-9(10)12/h3-4,14H,2,6H2,1H3. The van der Waals surface area contributed by atoms with E-state index < -0.39 is 12.6 Å². The molecule has 0 spiro atoms. The van der Waals surface area contributed by atoms with Crippen LogP contribution in [-0.4, -0.2) is 17.7 Å². The molecule has 0 aliphatic heterocycles. The number of halogens is 1. The largest absolute Gasteiger partial charge is 0.462 e. The lowest BCUT2D eigenvalue weighted by Gasteiger charge is -2.09. The molecule has 0 amide bonds. The Hall–Kier alpha value is -1.57. The molecule has 1 aromatic carbocycles. The Morgan fingerprint density at radius 3 is 2.81 bits per heavy atom. The number of nitrogens with zero attached hydrogens (tertiary/aromatic N) is 1. The van der Waals surface area contributed by atoms with E-state index in [0.29, 0.717) is 0 Å². The van der Waals surface area contributed by atoms with Crippen molar-refractivity contribution in [3.63, 3.8) is 0 Å². The number of aliphatic hydroxyl groups is 1. The van der Waals surface area contributed by atoms with Crippen LogP contribution in [0.3, 0.4) is 0 Å². The molecule has 4 nitrogen and oxygen atoms in total. The average Bonchev–Trinajstić information content (AvgIpc) is 2.28. The second-order valence-electron chi connectivity index (χ2n) is 2.94. The van der Waals surface area contributed by atoms with Crippen molar-refractivity contribution in [2.24, 2.45) is 0 Å². The van der Waals surface area contributed by atoms with E-state index in [-0.39, 0.29) is 28.3 Å². The predicted molar refractivity (Wildman–Crippen MR) is 58.0 cm³/mol. The van der Waals surface area contributed by atoms with Crippen LogP contribution in [0.5, 0.6) is 0 Å². The highest BCUT2D eigenvalue weighted by Gasteiger charge is 2.19. The van der Waals surface area contributed by atoms with Gasteiger partial charge in [0.05, 0.1) is 35.4 Å². The number of benzene rings is 1. The van der Waals surface area contributed by atoms with E-state index in [1.807, 2.05) is 6.07 Å². The molecule has 84 valence electrons. The summed E-state index contributed by atoms with van der Waals surface area (Å²) in [6.45, 7) is 1.44. The van der Waals surface area contributed by atoms with Gasteiger partial charge in [-0.3, -0.25) is 0 Å². The Balaban J connectivity index is 3.35. The highest BCUT2D eigenvalue weighted by molar-refractivity contribution is 6.33. The zero-order valence-corrected chi connectivity index (χ0v) is 9.41. The Morgan fingerprint density at radius 2 is 2.31 bits per heavy atom. The molecule has 0 aliphatic rings. The topological polar surface area (TPSA) is 70.3 Å². The maximum Gasteiger partial charge on any atom is 0.340 e. The first kappa shape index (κ1) is 12.5. The lowest BCUT2D eigenvalue weighted by atomic mass is 10.0. The van der Waals surface area contributed by atoms with E-state index >= 15 is 0 Å². The highest BCUT2D eigenvalue weighted by Crippen LogP contribution is 2.24. The van der Waals surface area contributed by atoms with Gasteiger partial charge in [-0.1, -0.05) is 11.6 Å². The van der Waals surface area contributed by atoms with Crippen molar-refractivity contribution < 1.29 is 14.6 Å². The summed E-state index contributed by atoms with van der Waals surface area (Å²) in [5.41, 5.74) is 0.480. The van der Waals surface area contributed by atoms with E-state index in [0.717, 1.165) is 0 Å². The van der Waals surface area contributed by atoms with Crippen LogP contribution in [-0.2, 0) is 11.3 Å². The Labute approximate surface area is 98.0 Å². The minimum absolute atomic E-state index is 0.0602. The third kappa shape index (κ3) is 2.32. The molecule has 0 fully saturated rings. The minimum Gasteiger partial charge on any atom is -0.462 e. The summed E-state index contributed by atoms with van der Waals surface area (Å²) in [6.07, 6.45) is 0. The fourth-order valence-electron chi connectivity index (χ4n) is 1.31. The van der Waals surface area contributed by atoms with E-state index in [9.17, 15) is 4.79 Å². The number of ether oxygens (including phenoxy) is 1. The van der Waals surface area contributed by atoms with Gasteiger partial charge in [0.15, 0.2) is 0 Å². The second-order valence-corrected chi connectivity index (χ2v) is 3.35. The monoisotopic (exact) mass is 239 g/mol. The third-order valence-electron chi connectivity index (χ3n) is 2.02. The van der Waals surface area contributed by atoms with Crippen LogP contribution in [0.2, 0.25) is 5.02 Å². The van der Waals surface area contributed by atoms with Crippen molar-refractivity contribution in [1.29, 1.82) is 5.26 Å². The summed E-state index contributed by atoms with van der Waals surface area (Å²) >= 11 is 5.85. The fourth-order valence-corrected chi connectivity index (χ4v) is 1.57. The Bertz CT molecular complexity index is 451. The van der Waals surface area contributed by atoms with Gasteiger partial charge in [0.25, 0.3) is 0 Å². The van der Waals surface area contributed by atoms with E-state index in [1.54, 1.807) is 6.92 Å². The van der Waals surface area contributed by atoms with Gasteiger partial charge in [-0.15, -0.1) is 0 Å². The molecule has 0 heterocycles. The summed E-state index contributed by atoms with van der Waals surface area (Å²) in [7, 11) is 0. The molecule has 0 unspecified atom stereocenters. The van der Waals surface area contributed by atoms with Gasteiger partial charge in [0.1, 0.15) is 0 Å². The fraction of sp³-hybridized carbons (Fsp3) is 0.273. The zero-order valence-electron chi connectivity index (χ0n) is 8.66. The SMILES string of the molecule is CCOC(=O)c1c(Cl)ccc(C#N)c1CO. The molecule has 0 radical (unpaired) electrons. The van der Waals surface area contributed by atoms with Crippen molar-refractivity contribution >= 4 is 17.6 Å². The molecular weight excluding hydrogens is 230 g/mol. The summed E-state index contributed by atoms with van der Waals surface area (Å²) < 4.78 is 4.81. The molecule has 0 saturated carbocycles. The number of rotatable bonds is 3. The normalized spacial score (nSPS) is 9.62. The van der Waals surface area contributed by atoms with Gasteiger partial charge in [-0.25, -0.2) is 4.79 Å². The van der Waals surface area contributed by atoms with E-state index in [2.05, 4.69) is 0 Å². The molecule has 0 saturated heterocycles. The number of carbonyl (C=O) groups is 1. The van der Waals surface area contributed by atoms with Gasteiger partial charge >= 0.3 is 5.97 Å². The van der Waals surface area contributed by atoms with Crippen molar-refractivity contribution in [1.82, 2.24) is 0 Å². The molecule has 0 aromatic heterocycles. The van der Waals surface area contributed by atoms with Gasteiger partial charge in [0.2, 0.25) is 0 Å². The number of esters is 1. The number of hydrogen-bond donors (Lipinski definition) is 1. The number of hydrogen-bond acceptors (Lipinski definition) is 4. The Morgan fingerprint density at radius 1 is 1.62 bits per heavy atom. The summed E-state index contributed by atoms with van der Waals surface area (Å²) in [6, 6.07) is 4.78. The number of nitriles is 1.